The third kappa shape index (κ3) is 2.20. The number of hydrogen-bond acceptors (Lipinski definition) is 3. The summed E-state index contributed by atoms with van der Waals surface area (Å²) in [6, 6.07) is 7.72. The fourth-order valence-electron chi connectivity index (χ4n) is 1.63. The van der Waals surface area contributed by atoms with Gasteiger partial charge in [-0.25, -0.2) is 0 Å². The maximum absolute atomic E-state index is 5.82. The van der Waals surface area contributed by atoms with Gasteiger partial charge in [0.2, 0.25) is 5.88 Å². The van der Waals surface area contributed by atoms with Gasteiger partial charge in [-0.1, -0.05) is 31.9 Å². The molecule has 6 heteroatoms. The van der Waals surface area contributed by atoms with Crippen molar-refractivity contribution in [3.05, 3.63) is 46.0 Å². The monoisotopic (exact) mass is 386 g/mol. The number of imidazole rings is 1. The molecule has 0 atom stereocenters. The molecule has 3 rings (SSSR count). The van der Waals surface area contributed by atoms with Gasteiger partial charge in [-0.15, -0.1) is 11.3 Å². The van der Waals surface area contributed by atoms with Gasteiger partial charge in [0, 0.05) is 21.4 Å². The highest BCUT2D eigenvalue weighted by atomic mass is 79.9. The van der Waals surface area contributed by atoms with Gasteiger partial charge in [0.05, 0.1) is 5.69 Å². The molecule has 0 saturated heterocycles. The van der Waals surface area contributed by atoms with Crippen LogP contribution in [0.15, 0.2) is 40.3 Å². The maximum atomic E-state index is 5.82. The second-order valence-corrected chi connectivity index (χ2v) is 5.96. The largest absolute Gasteiger partial charge is 0.437 e. The summed E-state index contributed by atoms with van der Waals surface area (Å²) in [5.74, 6) is 1.44. The standard InChI is InChI=1S/C12H8Br2N2OS/c13-7-10-11(15-12-16(10)5-6-18-12)17-9-3-1-8(14)2-4-9/h1-6H,7H2. The molecule has 0 amide bonds. The molecule has 92 valence electrons. The van der Waals surface area contributed by atoms with Crippen LogP contribution < -0.4 is 4.74 Å². The molecule has 0 fully saturated rings. The predicted molar refractivity (Wildman–Crippen MR) is 79.9 cm³/mol. The first-order chi connectivity index (χ1) is 8.78. The molecule has 0 spiro atoms. The molecule has 1 aromatic carbocycles. The fraction of sp³-hybridized carbons (Fsp3) is 0.0833. The van der Waals surface area contributed by atoms with E-state index in [9.17, 15) is 0 Å². The van der Waals surface area contributed by atoms with Crippen LogP contribution in [-0.4, -0.2) is 9.38 Å². The minimum atomic E-state index is 0.654. The van der Waals surface area contributed by atoms with Crippen molar-refractivity contribution in [2.24, 2.45) is 0 Å². The van der Waals surface area contributed by atoms with Crippen LogP contribution in [0.5, 0.6) is 11.6 Å². The molecule has 0 N–H and O–H groups in total. The molecule has 2 aromatic heterocycles. The first-order valence-corrected chi connectivity index (χ1v) is 8.01. The Morgan fingerprint density at radius 2 is 2.06 bits per heavy atom. The second-order valence-electron chi connectivity index (χ2n) is 3.61. The van der Waals surface area contributed by atoms with Crippen LogP contribution >= 0.6 is 43.2 Å². The summed E-state index contributed by atoms with van der Waals surface area (Å²) in [7, 11) is 0. The number of hydrogen-bond donors (Lipinski definition) is 0. The van der Waals surface area contributed by atoms with E-state index in [0.717, 1.165) is 20.9 Å². The van der Waals surface area contributed by atoms with Crippen LogP contribution in [0, 0.1) is 0 Å². The highest BCUT2D eigenvalue weighted by Crippen LogP contribution is 2.29. The summed E-state index contributed by atoms with van der Waals surface area (Å²) in [5, 5.41) is 2.72. The van der Waals surface area contributed by atoms with Crippen LogP contribution in [0.4, 0.5) is 0 Å². The van der Waals surface area contributed by atoms with Crippen molar-refractivity contribution in [3.63, 3.8) is 0 Å². The number of benzene rings is 1. The van der Waals surface area contributed by atoms with E-state index in [0.29, 0.717) is 11.2 Å². The molecule has 2 heterocycles. The summed E-state index contributed by atoms with van der Waals surface area (Å²) in [5.41, 5.74) is 1.02. The van der Waals surface area contributed by atoms with E-state index >= 15 is 0 Å². The highest BCUT2D eigenvalue weighted by molar-refractivity contribution is 9.10. The second kappa shape index (κ2) is 5.03. The van der Waals surface area contributed by atoms with E-state index in [1.807, 2.05) is 40.2 Å². The molecule has 18 heavy (non-hydrogen) atoms. The lowest BCUT2D eigenvalue weighted by molar-refractivity contribution is 0.462. The Morgan fingerprint density at radius 3 is 2.78 bits per heavy atom. The van der Waals surface area contributed by atoms with Crippen LogP contribution in [0.3, 0.4) is 0 Å². The van der Waals surface area contributed by atoms with Crippen LogP contribution in [0.1, 0.15) is 5.69 Å². The number of ether oxygens (including phenoxy) is 1. The highest BCUT2D eigenvalue weighted by Gasteiger charge is 2.13. The van der Waals surface area contributed by atoms with Gasteiger partial charge in [-0.05, 0) is 24.3 Å². The van der Waals surface area contributed by atoms with Crippen molar-refractivity contribution in [1.82, 2.24) is 9.38 Å². The van der Waals surface area contributed by atoms with Crippen molar-refractivity contribution in [2.75, 3.05) is 0 Å². The SMILES string of the molecule is BrCc1c(Oc2ccc(Br)cc2)nc2sccn12. The van der Waals surface area contributed by atoms with Gasteiger partial charge >= 0.3 is 0 Å². The van der Waals surface area contributed by atoms with Crippen LogP contribution in [0.25, 0.3) is 4.96 Å². The van der Waals surface area contributed by atoms with Gasteiger partial charge in [0.15, 0.2) is 4.96 Å². The normalized spacial score (nSPS) is 11.0. The average Bonchev–Trinajstić information content (AvgIpc) is 2.92. The topological polar surface area (TPSA) is 26.5 Å². The Bertz CT molecular complexity index is 675. The van der Waals surface area contributed by atoms with Gasteiger partial charge < -0.3 is 4.74 Å². The minimum Gasteiger partial charge on any atom is -0.437 e. The minimum absolute atomic E-state index is 0.654. The number of rotatable bonds is 3. The van der Waals surface area contributed by atoms with Gasteiger partial charge in [0.25, 0.3) is 0 Å². The lowest BCUT2D eigenvalue weighted by Crippen LogP contribution is -1.90. The first-order valence-electron chi connectivity index (χ1n) is 5.22. The number of thiazole rings is 1. The third-order valence-corrected chi connectivity index (χ3v) is 4.30. The molecule has 0 aliphatic carbocycles. The van der Waals surface area contributed by atoms with E-state index in [-0.39, 0.29) is 0 Å². The lowest BCUT2D eigenvalue weighted by atomic mass is 10.3. The zero-order chi connectivity index (χ0) is 12.5. The summed E-state index contributed by atoms with van der Waals surface area (Å²) in [6.45, 7) is 0. The number of halogens is 2. The summed E-state index contributed by atoms with van der Waals surface area (Å²) < 4.78 is 8.89. The van der Waals surface area contributed by atoms with Gasteiger partial charge in [0.1, 0.15) is 5.75 Å². The van der Waals surface area contributed by atoms with E-state index < -0.39 is 0 Å². The Hall–Kier alpha value is -0.850. The Kier molecular flexibility index (Phi) is 3.41. The van der Waals surface area contributed by atoms with Crippen molar-refractivity contribution < 1.29 is 4.74 Å². The molecule has 3 nitrogen and oxygen atoms in total. The fourth-order valence-corrected chi connectivity index (χ4v) is 3.13. The van der Waals surface area contributed by atoms with E-state index in [1.54, 1.807) is 11.3 Å². The zero-order valence-electron chi connectivity index (χ0n) is 9.14. The molecule has 0 aliphatic rings. The zero-order valence-corrected chi connectivity index (χ0v) is 13.1. The van der Waals surface area contributed by atoms with Crippen molar-refractivity contribution >= 4 is 48.2 Å². The Labute approximate surface area is 125 Å². The Balaban J connectivity index is 1.98. The van der Waals surface area contributed by atoms with Crippen molar-refractivity contribution in [2.45, 2.75) is 5.33 Å². The van der Waals surface area contributed by atoms with Gasteiger partial charge in [-0.2, -0.15) is 4.98 Å². The number of fused-ring (bicyclic) bond motifs is 1. The summed E-state index contributed by atoms with van der Waals surface area (Å²) in [6.07, 6.45) is 2.00. The smallest absolute Gasteiger partial charge is 0.243 e. The average molecular weight is 388 g/mol. The summed E-state index contributed by atoms with van der Waals surface area (Å²) in [4.78, 5) is 5.42. The molecule has 0 unspecified atom stereocenters. The van der Waals surface area contributed by atoms with E-state index in [2.05, 4.69) is 36.8 Å². The van der Waals surface area contributed by atoms with Gasteiger partial charge in [-0.3, -0.25) is 4.40 Å². The molecule has 3 aromatic rings. The molecular weight excluding hydrogens is 380 g/mol. The van der Waals surface area contributed by atoms with Crippen LogP contribution in [0.2, 0.25) is 0 Å². The van der Waals surface area contributed by atoms with Crippen LogP contribution in [-0.2, 0) is 5.33 Å². The number of nitrogens with zero attached hydrogens (tertiary/aromatic N) is 2. The predicted octanol–water partition coefficient (Wildman–Crippen LogP) is 4.85. The number of alkyl halides is 1. The molecule has 0 aliphatic heterocycles. The van der Waals surface area contributed by atoms with Crippen molar-refractivity contribution in [3.8, 4) is 11.6 Å². The lowest BCUT2D eigenvalue weighted by Gasteiger charge is -2.04. The summed E-state index contributed by atoms with van der Waals surface area (Å²) >= 11 is 8.47. The quantitative estimate of drug-likeness (QED) is 0.600. The van der Waals surface area contributed by atoms with Crippen molar-refractivity contribution in [1.29, 1.82) is 0 Å². The Morgan fingerprint density at radius 1 is 1.28 bits per heavy atom. The third-order valence-electron chi connectivity index (χ3n) is 2.48. The molecule has 0 radical (unpaired) electrons. The molecule has 0 saturated carbocycles. The number of aromatic nitrogens is 2. The van der Waals surface area contributed by atoms with E-state index in [1.165, 1.54) is 0 Å². The molecule has 0 bridgehead atoms. The molecular formula is C12H8Br2N2OS. The van der Waals surface area contributed by atoms with E-state index in [4.69, 9.17) is 4.74 Å². The first kappa shape index (κ1) is 12.2. The maximum Gasteiger partial charge on any atom is 0.243 e.